The lowest BCUT2D eigenvalue weighted by Crippen LogP contribution is -2.84. The zero-order chi connectivity index (χ0) is 33.6. The number of rotatable bonds is 9. The van der Waals surface area contributed by atoms with Gasteiger partial charge in [-0.25, -0.2) is 4.79 Å². The fraction of sp³-hybridized carbons (Fsp3) is 0.838. The third kappa shape index (κ3) is 4.21. The summed E-state index contributed by atoms with van der Waals surface area (Å²) in [5.41, 5.74) is -6.93. The highest BCUT2D eigenvalue weighted by atomic mass is 16.6. The number of nitrogens with one attached hydrogen (secondary N) is 2. The number of ether oxygens (including phenoxy) is 1. The standard InChI is InChI=1S/C37H56N2O8/c1-22(2)6-7-26-31(43)37(46)28(33(21-40)12-8-25(41)19-35(26,33)44)9-13-32-10-4-5-11-34-24(20-39-15-14-38-3)16-23(18-36(32,37)45)30(32)27(34)17-29(42)47-34/h16-17,21-23,25-26,28,30-31,38-39,41,43-46H,4-15,18-20H2,1-3H3/t23-,25-,26+,28+,30+,31-,32+,33-,34+,35+,36+,37+/m0/s1. The van der Waals surface area contributed by atoms with Gasteiger partial charge in [0.25, 0.3) is 0 Å². The number of allylic oxidation sites excluding steroid dienone is 1. The second-order valence-corrected chi connectivity index (χ2v) is 16.8. The van der Waals surface area contributed by atoms with E-state index in [2.05, 4.69) is 30.6 Å². The van der Waals surface area contributed by atoms with Crippen molar-refractivity contribution in [1.29, 1.82) is 0 Å². The molecule has 0 unspecified atom stereocenters. The molecule has 5 saturated carbocycles. The van der Waals surface area contributed by atoms with Gasteiger partial charge in [0, 0.05) is 49.4 Å². The van der Waals surface area contributed by atoms with E-state index in [1.807, 2.05) is 7.05 Å². The van der Waals surface area contributed by atoms with E-state index < -0.39 is 57.3 Å². The Balaban J connectivity index is 1.39. The zero-order valence-corrected chi connectivity index (χ0v) is 28.3. The molecule has 7 N–H and O–H groups in total. The van der Waals surface area contributed by atoms with E-state index in [0.29, 0.717) is 51.5 Å². The summed E-state index contributed by atoms with van der Waals surface area (Å²) in [6.45, 7) is 6.15. The monoisotopic (exact) mass is 656 g/mol. The average Bonchev–Trinajstić information content (AvgIpc) is 3.47. The summed E-state index contributed by atoms with van der Waals surface area (Å²) in [4.78, 5) is 26.7. The average molecular weight is 657 g/mol. The molecule has 0 amide bonds. The Morgan fingerprint density at radius 1 is 1.04 bits per heavy atom. The van der Waals surface area contributed by atoms with Crippen molar-refractivity contribution in [2.75, 3.05) is 26.7 Å². The van der Waals surface area contributed by atoms with Crippen LogP contribution in [0.4, 0.5) is 0 Å². The van der Waals surface area contributed by atoms with E-state index in [4.69, 9.17) is 4.74 Å². The van der Waals surface area contributed by atoms with E-state index in [0.717, 1.165) is 43.4 Å². The smallest absolute Gasteiger partial charge is 0.332 e. The molecule has 0 aromatic heterocycles. The van der Waals surface area contributed by atoms with Crippen LogP contribution in [0, 0.1) is 40.4 Å². The number of carbonyl (C=O) groups is 2. The van der Waals surface area contributed by atoms with Crippen molar-refractivity contribution in [1.82, 2.24) is 10.6 Å². The molecule has 0 aromatic rings. The lowest BCUT2D eigenvalue weighted by atomic mass is 9.36. The summed E-state index contributed by atoms with van der Waals surface area (Å²) >= 11 is 0. The molecule has 0 saturated heterocycles. The van der Waals surface area contributed by atoms with Crippen molar-refractivity contribution in [3.05, 3.63) is 23.3 Å². The van der Waals surface area contributed by atoms with Crippen molar-refractivity contribution < 1.29 is 39.9 Å². The number of hydrogen-bond acceptors (Lipinski definition) is 10. The molecule has 0 aromatic carbocycles. The third-order valence-electron chi connectivity index (χ3n) is 14.6. The maximum atomic E-state index is 13.5. The van der Waals surface area contributed by atoms with Crippen LogP contribution in [0.3, 0.4) is 0 Å². The van der Waals surface area contributed by atoms with Crippen LogP contribution in [-0.2, 0) is 14.3 Å². The van der Waals surface area contributed by atoms with Crippen LogP contribution >= 0.6 is 0 Å². The molecule has 2 bridgehead atoms. The van der Waals surface area contributed by atoms with Crippen molar-refractivity contribution in [3.8, 4) is 0 Å². The zero-order valence-electron chi connectivity index (χ0n) is 28.3. The molecule has 1 aliphatic heterocycles. The summed E-state index contributed by atoms with van der Waals surface area (Å²) < 4.78 is 6.26. The van der Waals surface area contributed by atoms with Crippen LogP contribution in [0.15, 0.2) is 23.3 Å². The summed E-state index contributed by atoms with van der Waals surface area (Å²) in [5.74, 6) is -2.43. The quantitative estimate of drug-likeness (QED) is 0.0843. The highest BCUT2D eigenvalue weighted by Gasteiger charge is 2.84. The first-order valence-corrected chi connectivity index (χ1v) is 18.3. The maximum absolute atomic E-state index is 13.5. The van der Waals surface area contributed by atoms with Gasteiger partial charge >= 0.3 is 5.97 Å². The first kappa shape index (κ1) is 33.8. The molecule has 0 radical (unpaired) electrons. The topological polar surface area (TPSA) is 169 Å². The molecule has 47 heavy (non-hydrogen) atoms. The molecular formula is C37H56N2O8. The Kier molecular flexibility index (Phi) is 8.23. The van der Waals surface area contributed by atoms with Gasteiger partial charge in [0.15, 0.2) is 5.60 Å². The number of esters is 1. The molecule has 262 valence electrons. The van der Waals surface area contributed by atoms with Crippen LogP contribution in [-0.4, -0.2) is 99.1 Å². The second kappa shape index (κ2) is 11.4. The Morgan fingerprint density at radius 2 is 1.81 bits per heavy atom. The molecule has 5 fully saturated rings. The summed E-state index contributed by atoms with van der Waals surface area (Å²) in [7, 11) is 1.90. The maximum Gasteiger partial charge on any atom is 0.332 e. The summed E-state index contributed by atoms with van der Waals surface area (Å²) in [6.07, 6.45) is 7.53. The number of likely N-dealkylation sites (N-methyl/N-ethyl adjacent to an activating group) is 1. The van der Waals surface area contributed by atoms with Gasteiger partial charge in [-0.05, 0) is 93.7 Å². The van der Waals surface area contributed by atoms with E-state index in [9.17, 15) is 35.1 Å². The Bertz CT molecular complexity index is 1350. The van der Waals surface area contributed by atoms with E-state index >= 15 is 0 Å². The molecule has 6 aliphatic carbocycles. The summed E-state index contributed by atoms with van der Waals surface area (Å²) in [5, 5.41) is 69.7. The lowest BCUT2D eigenvalue weighted by molar-refractivity contribution is -0.367. The van der Waals surface area contributed by atoms with E-state index in [1.165, 1.54) is 0 Å². The molecule has 1 spiro atoms. The van der Waals surface area contributed by atoms with Gasteiger partial charge in [0.2, 0.25) is 0 Å². The lowest BCUT2D eigenvalue weighted by Gasteiger charge is -2.72. The Hall–Kier alpha value is -1.66. The number of aliphatic hydroxyl groups is 5. The fourth-order valence-electron chi connectivity index (χ4n) is 12.7. The number of hydrogen-bond donors (Lipinski definition) is 7. The summed E-state index contributed by atoms with van der Waals surface area (Å²) in [6, 6.07) is 0. The number of aldehydes is 1. The van der Waals surface area contributed by atoms with Crippen LogP contribution in [0.1, 0.15) is 90.9 Å². The predicted molar refractivity (Wildman–Crippen MR) is 174 cm³/mol. The number of fused-ring (bicyclic) bond motifs is 4. The normalized spacial score (nSPS) is 49.9. The van der Waals surface area contributed by atoms with Gasteiger partial charge in [0.05, 0.1) is 23.2 Å². The van der Waals surface area contributed by atoms with Gasteiger partial charge < -0.3 is 45.7 Å². The third-order valence-corrected chi connectivity index (χ3v) is 14.6. The molecule has 12 atom stereocenters. The minimum Gasteiger partial charge on any atom is -0.447 e. The molecule has 10 heteroatoms. The second-order valence-electron chi connectivity index (χ2n) is 16.8. The van der Waals surface area contributed by atoms with Gasteiger partial charge in [-0.1, -0.05) is 32.8 Å². The Morgan fingerprint density at radius 3 is 2.53 bits per heavy atom. The van der Waals surface area contributed by atoms with Crippen LogP contribution in [0.25, 0.3) is 0 Å². The number of aliphatic hydroxyl groups excluding tert-OH is 2. The molecule has 10 nitrogen and oxygen atoms in total. The molecule has 7 rings (SSSR count). The highest BCUT2D eigenvalue weighted by molar-refractivity contribution is 5.88. The van der Waals surface area contributed by atoms with Crippen LogP contribution in [0.5, 0.6) is 0 Å². The number of carbonyl (C=O) groups excluding carboxylic acids is 2. The molecular weight excluding hydrogens is 600 g/mol. The van der Waals surface area contributed by atoms with Crippen molar-refractivity contribution in [3.63, 3.8) is 0 Å². The van der Waals surface area contributed by atoms with Gasteiger partial charge in [0.1, 0.15) is 17.5 Å². The first-order valence-electron chi connectivity index (χ1n) is 18.3. The van der Waals surface area contributed by atoms with Crippen LogP contribution < -0.4 is 10.6 Å². The van der Waals surface area contributed by atoms with E-state index in [-0.39, 0.29) is 43.0 Å². The van der Waals surface area contributed by atoms with Crippen molar-refractivity contribution in [2.24, 2.45) is 40.4 Å². The minimum atomic E-state index is -2.09. The van der Waals surface area contributed by atoms with Gasteiger partial charge in [-0.3, -0.25) is 0 Å². The SMILES string of the molecule is CNCCNCC1=C[C@H]2C[C@@]3(O)[C@]4(CCCC[C@@]15OC(=O)C=C5[C@@H]24)CC[C@H]1[C@@]3(O)[C@@H](O)[C@@H](CCC(C)C)[C@]2(O)C[C@@H](O)CC[C@]12C=O. The highest BCUT2D eigenvalue weighted by Crippen LogP contribution is 2.77. The molecule has 1 heterocycles. The van der Waals surface area contributed by atoms with Crippen molar-refractivity contribution in [2.45, 2.75) is 126 Å². The fourth-order valence-corrected chi connectivity index (χ4v) is 12.7. The van der Waals surface area contributed by atoms with Crippen molar-refractivity contribution >= 4 is 12.3 Å². The predicted octanol–water partition coefficient (Wildman–Crippen LogP) is 1.91. The van der Waals surface area contributed by atoms with E-state index in [1.54, 1.807) is 6.08 Å². The first-order chi connectivity index (χ1) is 22.3. The largest absolute Gasteiger partial charge is 0.447 e. The Labute approximate surface area is 278 Å². The molecule has 7 aliphatic rings. The minimum absolute atomic E-state index is 0.0472. The van der Waals surface area contributed by atoms with Gasteiger partial charge in [-0.2, -0.15) is 0 Å². The van der Waals surface area contributed by atoms with Crippen LogP contribution in [0.2, 0.25) is 0 Å². The van der Waals surface area contributed by atoms with Gasteiger partial charge in [-0.15, -0.1) is 0 Å².